The zero-order chi connectivity index (χ0) is 21.3. The molecule has 0 amide bonds. The molecule has 0 unspecified atom stereocenters. The van der Waals surface area contributed by atoms with Crippen LogP contribution < -0.4 is 0 Å². The van der Waals surface area contributed by atoms with Gasteiger partial charge in [0.25, 0.3) is 0 Å². The smallest absolute Gasteiger partial charge is 0.185 e. The molecule has 3 aliphatic rings. The van der Waals surface area contributed by atoms with Gasteiger partial charge in [0.2, 0.25) is 0 Å². The maximum atomic E-state index is 12.8. The van der Waals surface area contributed by atoms with Gasteiger partial charge in [0.1, 0.15) is 20.7 Å². The monoisotopic (exact) mass is 457 g/mol. The van der Waals surface area contributed by atoms with E-state index in [4.69, 9.17) is 9.40 Å². The van der Waals surface area contributed by atoms with Crippen LogP contribution in [0.4, 0.5) is 0 Å². The molecule has 1 aliphatic heterocycles. The van der Waals surface area contributed by atoms with Crippen molar-refractivity contribution in [1.29, 1.82) is 0 Å². The minimum atomic E-state index is -3.51. The van der Waals surface area contributed by atoms with E-state index in [1.807, 2.05) is 49.6 Å². The first-order valence-corrected chi connectivity index (χ1v) is 13.0. The Labute approximate surface area is 182 Å². The number of aromatic nitrogens is 1. The van der Waals surface area contributed by atoms with E-state index < -0.39 is 9.84 Å². The molecule has 0 N–H and O–H groups in total. The predicted octanol–water partition coefficient (Wildman–Crippen LogP) is 5.80. The quantitative estimate of drug-likeness (QED) is 0.389. The van der Waals surface area contributed by atoms with Gasteiger partial charge in [-0.2, -0.15) is 0 Å². The van der Waals surface area contributed by atoms with Crippen LogP contribution in [0.25, 0.3) is 32.7 Å². The van der Waals surface area contributed by atoms with Crippen LogP contribution in [-0.2, 0) is 16.3 Å². The first kappa shape index (κ1) is 19.7. The Morgan fingerprint density at radius 3 is 2.67 bits per heavy atom. The van der Waals surface area contributed by atoms with Crippen molar-refractivity contribution in [3.63, 3.8) is 0 Å². The number of hydrogen-bond acceptors (Lipinski definition) is 7. The number of Topliss-reactive ketones (excluding diaryl/α,β-unsaturated/α-hetero) is 1. The molecule has 2 aliphatic carbocycles. The summed E-state index contributed by atoms with van der Waals surface area (Å²) < 4.78 is 30.9. The molecular weight excluding hydrogens is 438 g/mol. The molecule has 0 spiro atoms. The molecular formula is C22H19NO4S3. The number of thiophene rings is 1. The van der Waals surface area contributed by atoms with Gasteiger partial charge < -0.3 is 4.42 Å². The molecule has 0 atom stereocenters. The molecule has 5 rings (SSSR count). The lowest BCUT2D eigenvalue weighted by atomic mass is 9.74. The fraction of sp³-hybridized carbons (Fsp3) is 0.273. The zero-order valence-corrected chi connectivity index (χ0v) is 19.1. The summed E-state index contributed by atoms with van der Waals surface area (Å²) in [4.78, 5) is 18.4. The Hall–Kier alpha value is -2.29. The Bertz CT molecular complexity index is 1370. The third-order valence-electron chi connectivity index (χ3n) is 5.28. The topological polar surface area (TPSA) is 77.2 Å². The third-order valence-corrected chi connectivity index (χ3v) is 9.34. The van der Waals surface area contributed by atoms with E-state index in [-0.39, 0.29) is 15.4 Å². The standard InChI is InChI=1S/C22H19NO4S3/c1-22(2)9-13-18(15(24)10-22)21(30(3,25)26)29-19(13)20-23-14(11-28-20)17-8-7-12-5-4-6-16(12)27-17/h4-8,11H,9-10H2,1-3H3. The molecule has 0 aromatic carbocycles. The second-order valence-electron chi connectivity index (χ2n) is 8.47. The molecule has 0 radical (unpaired) electrons. The van der Waals surface area contributed by atoms with Crippen molar-refractivity contribution in [2.45, 2.75) is 30.9 Å². The lowest BCUT2D eigenvalue weighted by molar-refractivity contribution is 0.0910. The molecule has 0 saturated carbocycles. The minimum absolute atomic E-state index is 0.0994. The van der Waals surface area contributed by atoms with Gasteiger partial charge in [0.15, 0.2) is 21.4 Å². The van der Waals surface area contributed by atoms with Crippen molar-refractivity contribution in [3.05, 3.63) is 46.8 Å². The second-order valence-corrected chi connectivity index (χ2v) is 12.6. The number of carbonyl (C=O) groups excluding carboxylic acids is 1. The number of fused-ring (bicyclic) bond motifs is 2. The lowest BCUT2D eigenvalue weighted by Gasteiger charge is -2.29. The number of rotatable bonds is 3. The molecule has 2 aromatic heterocycles. The highest BCUT2D eigenvalue weighted by Gasteiger charge is 2.39. The Balaban J connectivity index is 1.65. The first-order valence-electron chi connectivity index (χ1n) is 9.46. The van der Waals surface area contributed by atoms with E-state index in [0.29, 0.717) is 34.9 Å². The highest BCUT2D eigenvalue weighted by atomic mass is 32.2. The van der Waals surface area contributed by atoms with Crippen LogP contribution in [0.5, 0.6) is 0 Å². The summed E-state index contributed by atoms with van der Waals surface area (Å²) in [7, 11) is -3.51. The highest BCUT2D eigenvalue weighted by molar-refractivity contribution is 7.93. The van der Waals surface area contributed by atoms with Gasteiger partial charge in [-0.25, -0.2) is 13.4 Å². The molecule has 0 saturated heterocycles. The van der Waals surface area contributed by atoms with Crippen molar-refractivity contribution in [1.82, 2.24) is 4.98 Å². The van der Waals surface area contributed by atoms with Crippen molar-refractivity contribution < 1.29 is 17.6 Å². The Morgan fingerprint density at radius 2 is 1.90 bits per heavy atom. The van der Waals surface area contributed by atoms with Crippen LogP contribution >= 0.6 is 22.7 Å². The molecule has 154 valence electrons. The second kappa shape index (κ2) is 6.60. The van der Waals surface area contributed by atoms with Gasteiger partial charge in [0.05, 0.1) is 10.4 Å². The summed E-state index contributed by atoms with van der Waals surface area (Å²) in [6.07, 6.45) is 2.16. The van der Waals surface area contributed by atoms with E-state index in [1.54, 1.807) is 0 Å². The molecule has 30 heavy (non-hydrogen) atoms. The number of thiazole rings is 1. The van der Waals surface area contributed by atoms with E-state index >= 15 is 0 Å². The average Bonchev–Trinajstić information content (AvgIpc) is 3.36. The van der Waals surface area contributed by atoms with Crippen LogP contribution in [0.3, 0.4) is 0 Å². The summed E-state index contributed by atoms with van der Waals surface area (Å²) in [5, 5.41) is 2.62. The minimum Gasteiger partial charge on any atom is -0.454 e. The van der Waals surface area contributed by atoms with Gasteiger partial charge in [-0.15, -0.1) is 22.7 Å². The number of nitrogens with zero attached hydrogens (tertiary/aromatic N) is 1. The SMILES string of the molecule is CC1(C)CC(=O)c2c(S(C)(=O)=O)sc(-c3nc(-c4ccc5cccc-5o4)cs3)c2C1. The molecule has 2 aromatic rings. The van der Waals surface area contributed by atoms with Crippen LogP contribution in [0.15, 0.2) is 44.3 Å². The molecule has 5 nitrogen and oxygen atoms in total. The number of sulfone groups is 1. The van der Waals surface area contributed by atoms with Crippen molar-refractivity contribution in [2.24, 2.45) is 5.41 Å². The van der Waals surface area contributed by atoms with E-state index in [1.165, 1.54) is 11.3 Å². The summed E-state index contributed by atoms with van der Waals surface area (Å²) in [5.74, 6) is 1.35. The molecule has 8 heteroatoms. The van der Waals surface area contributed by atoms with Gasteiger partial charge >= 0.3 is 0 Å². The van der Waals surface area contributed by atoms with Crippen LogP contribution in [0.1, 0.15) is 36.2 Å². The molecule has 0 bridgehead atoms. The van der Waals surface area contributed by atoms with Crippen molar-refractivity contribution in [2.75, 3.05) is 6.26 Å². The fourth-order valence-electron chi connectivity index (χ4n) is 3.99. The summed E-state index contributed by atoms with van der Waals surface area (Å²) in [6.45, 7) is 4.08. The largest absolute Gasteiger partial charge is 0.454 e. The van der Waals surface area contributed by atoms with Gasteiger partial charge in [-0.1, -0.05) is 26.0 Å². The summed E-state index contributed by atoms with van der Waals surface area (Å²) in [5.41, 5.74) is 2.69. The summed E-state index contributed by atoms with van der Waals surface area (Å²) >= 11 is 2.60. The van der Waals surface area contributed by atoms with Gasteiger partial charge in [-0.05, 0) is 35.6 Å². The molecule has 3 heterocycles. The van der Waals surface area contributed by atoms with Crippen molar-refractivity contribution >= 4 is 38.3 Å². The highest BCUT2D eigenvalue weighted by Crippen LogP contribution is 2.48. The Morgan fingerprint density at radius 1 is 1.10 bits per heavy atom. The van der Waals surface area contributed by atoms with Crippen LogP contribution in [0, 0.1) is 5.41 Å². The normalized spacial score (nSPS) is 16.2. The van der Waals surface area contributed by atoms with Gasteiger partial charge in [0, 0.05) is 23.6 Å². The average molecular weight is 458 g/mol. The fourth-order valence-corrected chi connectivity index (χ4v) is 7.45. The zero-order valence-electron chi connectivity index (χ0n) is 16.7. The number of carbonyl (C=O) groups is 1. The maximum absolute atomic E-state index is 12.8. The lowest BCUT2D eigenvalue weighted by Crippen LogP contribution is -2.27. The van der Waals surface area contributed by atoms with E-state index in [9.17, 15) is 13.2 Å². The Kier molecular flexibility index (Phi) is 4.33. The van der Waals surface area contributed by atoms with E-state index in [0.717, 1.165) is 39.4 Å². The third kappa shape index (κ3) is 3.23. The first-order chi connectivity index (χ1) is 14.1. The van der Waals surface area contributed by atoms with Crippen LogP contribution in [0.2, 0.25) is 0 Å². The maximum Gasteiger partial charge on any atom is 0.185 e. The van der Waals surface area contributed by atoms with E-state index in [2.05, 4.69) is 0 Å². The van der Waals surface area contributed by atoms with Crippen molar-refractivity contribution in [3.8, 4) is 32.7 Å². The van der Waals surface area contributed by atoms with Gasteiger partial charge in [-0.3, -0.25) is 4.79 Å². The summed E-state index contributed by atoms with van der Waals surface area (Å²) in [6, 6.07) is 9.71. The number of hydrogen-bond donors (Lipinski definition) is 0. The van der Waals surface area contributed by atoms with Crippen LogP contribution in [-0.4, -0.2) is 25.4 Å². The predicted molar refractivity (Wildman–Crippen MR) is 119 cm³/mol. The number of ketones is 1. The molecule has 0 fully saturated rings.